The maximum absolute atomic E-state index is 10.7. The maximum Gasteiger partial charge on any atom is 0.155 e. The molecule has 0 fully saturated rings. The van der Waals surface area contributed by atoms with Crippen molar-refractivity contribution >= 4 is 22.2 Å². The molecule has 3 nitrogen and oxygen atoms in total. The molecule has 15 heavy (non-hydrogen) atoms. The highest BCUT2D eigenvalue weighted by Gasteiger charge is 2.11. The van der Waals surface area contributed by atoms with Crippen molar-refractivity contribution in [2.75, 3.05) is 0 Å². The van der Waals surface area contributed by atoms with Crippen LogP contribution in [0.5, 0.6) is 0 Å². The number of aryl methyl sites for hydroxylation is 1. The molecule has 0 N–H and O–H groups in total. The fourth-order valence-corrected chi connectivity index (χ4v) is 1.90. The number of rotatable bonds is 2. The van der Waals surface area contributed by atoms with Crippen molar-refractivity contribution in [1.29, 1.82) is 0 Å². The summed E-state index contributed by atoms with van der Waals surface area (Å²) in [5.41, 5.74) is 3.02. The Morgan fingerprint density at radius 2 is 2.27 bits per heavy atom. The average molecular weight is 266 g/mol. The number of aldehydes is 1. The molecule has 0 aliphatic carbocycles. The molecule has 0 aliphatic rings. The highest BCUT2D eigenvalue weighted by molar-refractivity contribution is 9.10. The van der Waals surface area contributed by atoms with Crippen LogP contribution < -0.4 is 0 Å². The second-order valence-corrected chi connectivity index (χ2v) is 4.11. The smallest absolute Gasteiger partial charge is 0.155 e. The number of carbonyl (C=O) groups is 1. The third kappa shape index (κ3) is 1.85. The Labute approximate surface area is 95.2 Å². The zero-order chi connectivity index (χ0) is 10.8. The summed E-state index contributed by atoms with van der Waals surface area (Å²) in [6.45, 7) is 1.96. The quantitative estimate of drug-likeness (QED) is 0.784. The number of benzene rings is 1. The molecule has 1 aromatic carbocycles. The summed E-state index contributed by atoms with van der Waals surface area (Å²) in [4.78, 5) is 10.7. The summed E-state index contributed by atoms with van der Waals surface area (Å²) in [6.07, 6.45) is 2.09. The highest BCUT2D eigenvalue weighted by Crippen LogP contribution is 2.26. The fraction of sp³-hybridized carbons (Fsp3) is 0.0909. The Balaban J connectivity index is 2.59. The Kier molecular flexibility index (Phi) is 2.68. The van der Waals surface area contributed by atoms with E-state index >= 15 is 0 Å². The van der Waals surface area contributed by atoms with E-state index < -0.39 is 0 Å². The second kappa shape index (κ2) is 3.98. The molecule has 0 unspecified atom stereocenters. The van der Waals surface area contributed by atoms with Crippen molar-refractivity contribution in [2.45, 2.75) is 6.92 Å². The summed E-state index contributed by atoms with van der Waals surface area (Å²) in [5, 5.41) is 3.83. The normalized spacial score (nSPS) is 10.3. The number of nitrogens with zero attached hydrogens (tertiary/aromatic N) is 1. The van der Waals surface area contributed by atoms with Gasteiger partial charge in [0.2, 0.25) is 0 Å². The number of carbonyl (C=O) groups excluding carboxylic acids is 1. The van der Waals surface area contributed by atoms with Crippen molar-refractivity contribution in [1.82, 2.24) is 5.16 Å². The number of hydrogen-bond acceptors (Lipinski definition) is 3. The van der Waals surface area contributed by atoms with Crippen molar-refractivity contribution < 1.29 is 9.32 Å². The van der Waals surface area contributed by atoms with Crippen LogP contribution in [0.4, 0.5) is 0 Å². The average Bonchev–Trinajstić information content (AvgIpc) is 2.65. The van der Waals surface area contributed by atoms with Gasteiger partial charge in [-0.2, -0.15) is 0 Å². The van der Waals surface area contributed by atoms with Crippen LogP contribution >= 0.6 is 15.9 Å². The molecule has 76 valence electrons. The van der Waals surface area contributed by atoms with Gasteiger partial charge >= 0.3 is 0 Å². The minimum absolute atomic E-state index is 0.473. The minimum Gasteiger partial charge on any atom is -0.363 e. The first kappa shape index (κ1) is 10.1. The van der Waals surface area contributed by atoms with Crippen LogP contribution in [-0.4, -0.2) is 11.4 Å². The number of halogens is 1. The van der Waals surface area contributed by atoms with Gasteiger partial charge in [-0.15, -0.1) is 0 Å². The molecule has 2 aromatic rings. The summed E-state index contributed by atoms with van der Waals surface area (Å²) in [7, 11) is 0. The van der Waals surface area contributed by atoms with Crippen molar-refractivity contribution in [3.05, 3.63) is 40.1 Å². The van der Waals surface area contributed by atoms with Crippen molar-refractivity contribution in [3.63, 3.8) is 0 Å². The molecule has 1 heterocycles. The Morgan fingerprint density at radius 1 is 1.47 bits per heavy atom. The molecular formula is C11H8BrNO2. The Hall–Kier alpha value is -1.42. The molecule has 1 aromatic heterocycles. The van der Waals surface area contributed by atoms with Gasteiger partial charge in [-0.1, -0.05) is 27.2 Å². The first-order valence-corrected chi connectivity index (χ1v) is 5.17. The van der Waals surface area contributed by atoms with Gasteiger partial charge in [0.15, 0.2) is 6.29 Å². The molecule has 2 rings (SSSR count). The molecule has 0 bridgehead atoms. The van der Waals surface area contributed by atoms with Crippen molar-refractivity contribution in [2.24, 2.45) is 0 Å². The predicted octanol–water partition coefficient (Wildman–Crippen LogP) is 3.23. The first-order valence-electron chi connectivity index (χ1n) is 4.38. The predicted molar refractivity (Wildman–Crippen MR) is 59.8 cm³/mol. The molecule has 0 radical (unpaired) electrons. The zero-order valence-corrected chi connectivity index (χ0v) is 9.61. The van der Waals surface area contributed by atoms with Gasteiger partial charge in [0.05, 0.1) is 5.56 Å². The van der Waals surface area contributed by atoms with Gasteiger partial charge in [-0.3, -0.25) is 4.79 Å². The van der Waals surface area contributed by atoms with E-state index in [0.29, 0.717) is 11.3 Å². The second-order valence-electron chi connectivity index (χ2n) is 3.20. The van der Waals surface area contributed by atoms with Crippen molar-refractivity contribution in [3.8, 4) is 11.3 Å². The Bertz CT molecular complexity index is 505. The summed E-state index contributed by atoms with van der Waals surface area (Å²) in [5.74, 6) is 0. The largest absolute Gasteiger partial charge is 0.363 e. The number of hydrogen-bond donors (Lipinski definition) is 0. The lowest BCUT2D eigenvalue weighted by Crippen LogP contribution is -1.87. The van der Waals surface area contributed by atoms with Gasteiger partial charge in [-0.25, -0.2) is 0 Å². The fourth-order valence-electron chi connectivity index (χ4n) is 1.43. The van der Waals surface area contributed by atoms with Crippen LogP contribution in [0.2, 0.25) is 0 Å². The van der Waals surface area contributed by atoms with Crippen LogP contribution in [0.3, 0.4) is 0 Å². The van der Waals surface area contributed by atoms with Gasteiger partial charge in [0.1, 0.15) is 12.0 Å². The maximum atomic E-state index is 10.7. The van der Waals surface area contributed by atoms with E-state index in [0.717, 1.165) is 21.9 Å². The third-order valence-electron chi connectivity index (χ3n) is 2.17. The van der Waals surface area contributed by atoms with Gasteiger partial charge in [0.25, 0.3) is 0 Å². The molecule has 4 heteroatoms. The highest BCUT2D eigenvalue weighted by atomic mass is 79.9. The van der Waals surface area contributed by atoms with Gasteiger partial charge < -0.3 is 4.52 Å². The monoisotopic (exact) mass is 265 g/mol. The van der Waals surface area contributed by atoms with E-state index in [1.807, 2.05) is 25.1 Å². The lowest BCUT2D eigenvalue weighted by Gasteiger charge is -2.02. The lowest BCUT2D eigenvalue weighted by molar-refractivity contribution is 0.112. The minimum atomic E-state index is 0.473. The molecule has 0 amide bonds. The molecule has 0 aliphatic heterocycles. The summed E-state index contributed by atoms with van der Waals surface area (Å²) in [6, 6.07) is 5.79. The first-order chi connectivity index (χ1) is 7.22. The van der Waals surface area contributed by atoms with Crippen LogP contribution in [0.1, 0.15) is 15.9 Å². The molecule has 0 saturated heterocycles. The van der Waals surface area contributed by atoms with E-state index in [-0.39, 0.29) is 0 Å². The topological polar surface area (TPSA) is 43.1 Å². The van der Waals surface area contributed by atoms with E-state index in [1.54, 1.807) is 0 Å². The van der Waals surface area contributed by atoms with Crippen LogP contribution in [0.25, 0.3) is 11.3 Å². The zero-order valence-electron chi connectivity index (χ0n) is 8.03. The summed E-state index contributed by atoms with van der Waals surface area (Å²) < 4.78 is 5.78. The third-order valence-corrected chi connectivity index (χ3v) is 2.66. The van der Waals surface area contributed by atoms with Crippen LogP contribution in [-0.2, 0) is 0 Å². The standard InChI is InChI=1S/C11H8BrNO2/c1-7-4-9(12)2-3-10(7)11-8(5-14)6-15-13-11/h2-6H,1H3. The molecule has 0 atom stereocenters. The SMILES string of the molecule is Cc1cc(Br)ccc1-c1nocc1C=O. The molecular weight excluding hydrogens is 258 g/mol. The lowest BCUT2D eigenvalue weighted by atomic mass is 10.0. The Morgan fingerprint density at radius 3 is 2.93 bits per heavy atom. The van der Waals surface area contributed by atoms with Gasteiger partial charge in [0, 0.05) is 10.0 Å². The van der Waals surface area contributed by atoms with E-state index in [2.05, 4.69) is 21.1 Å². The van der Waals surface area contributed by atoms with Crippen LogP contribution in [0, 0.1) is 6.92 Å². The summed E-state index contributed by atoms with van der Waals surface area (Å²) >= 11 is 3.38. The van der Waals surface area contributed by atoms with Crippen LogP contribution in [0.15, 0.2) is 33.5 Å². The molecule has 0 saturated carbocycles. The van der Waals surface area contributed by atoms with E-state index in [1.165, 1.54) is 6.26 Å². The van der Waals surface area contributed by atoms with Gasteiger partial charge in [-0.05, 0) is 24.6 Å². The van der Waals surface area contributed by atoms with E-state index in [4.69, 9.17) is 4.52 Å². The number of aromatic nitrogens is 1. The molecule has 0 spiro atoms. The van der Waals surface area contributed by atoms with E-state index in [9.17, 15) is 4.79 Å².